The number of nitrogens with zero attached hydrogens (tertiary/aromatic N) is 5. The molecular weight excluding hydrogens is 685 g/mol. The van der Waals surface area contributed by atoms with Crippen LogP contribution in [0.2, 0.25) is 0 Å². The third kappa shape index (κ3) is 8.85. The molecule has 1 N–H and O–H groups in total. The summed E-state index contributed by atoms with van der Waals surface area (Å²) in [7, 11) is 6.15. The summed E-state index contributed by atoms with van der Waals surface area (Å²) in [4.78, 5) is 27.1. The number of fused-ring (bicyclic) bond motifs is 1. The highest BCUT2D eigenvalue weighted by Gasteiger charge is 2.31. The van der Waals surface area contributed by atoms with Crippen LogP contribution in [0, 0.1) is 0 Å². The topological polar surface area (TPSA) is 94.0 Å². The van der Waals surface area contributed by atoms with E-state index in [0.29, 0.717) is 42.3 Å². The van der Waals surface area contributed by atoms with E-state index in [1.165, 1.54) is 33.5 Å². The molecule has 6 rings (SSSR count). The number of likely N-dealkylation sites (tertiary alicyclic amines) is 1. The minimum absolute atomic E-state index is 0.212. The Bertz CT molecular complexity index is 1950. The molecule has 280 valence electrons. The zero-order chi connectivity index (χ0) is 37.5. The van der Waals surface area contributed by atoms with Gasteiger partial charge in [-0.3, -0.25) is 9.78 Å². The van der Waals surface area contributed by atoms with Crippen LogP contribution < -0.4 is 19.5 Å². The van der Waals surface area contributed by atoms with E-state index >= 15 is 0 Å². The van der Waals surface area contributed by atoms with Gasteiger partial charge in [0.2, 0.25) is 11.7 Å². The molecule has 1 fully saturated rings. The minimum Gasteiger partial charge on any atom is -0.493 e. The Hall–Kier alpha value is -5.30. The number of para-hydroxylation sites is 2. The van der Waals surface area contributed by atoms with Crippen molar-refractivity contribution < 1.29 is 32.2 Å². The maximum atomic E-state index is 13.7. The molecule has 3 heterocycles. The molecule has 53 heavy (non-hydrogen) atoms. The van der Waals surface area contributed by atoms with Crippen molar-refractivity contribution in [3.05, 3.63) is 107 Å². The van der Waals surface area contributed by atoms with Crippen molar-refractivity contribution in [3.63, 3.8) is 0 Å². The number of benzene rings is 3. The van der Waals surface area contributed by atoms with Gasteiger partial charge in [-0.05, 0) is 79.9 Å². The Morgan fingerprint density at radius 1 is 0.943 bits per heavy atom. The number of carbonyl (C=O) groups excluding carboxylic acids is 1. The number of halogens is 3. The summed E-state index contributed by atoms with van der Waals surface area (Å²) in [5.41, 5.74) is 3.30. The SMILES string of the molecule is COc1cc(C(=O)N(C)CC(CCN2CCC(Nc3nc4ccccc4n3Cc3ccccn3)CC2)c2ccc(C(F)(F)F)cc2)cc(OC)c1OC. The molecule has 0 bridgehead atoms. The molecule has 13 heteroatoms. The third-order valence-electron chi connectivity index (χ3n) is 9.88. The summed E-state index contributed by atoms with van der Waals surface area (Å²) in [6, 6.07) is 22.7. The number of nitrogens with one attached hydrogen (secondary N) is 1. The van der Waals surface area contributed by atoms with Gasteiger partial charge >= 0.3 is 6.18 Å². The van der Waals surface area contributed by atoms with Crippen LogP contribution in [-0.4, -0.2) is 90.8 Å². The van der Waals surface area contributed by atoms with Crippen LogP contribution in [0.5, 0.6) is 17.2 Å². The van der Waals surface area contributed by atoms with Gasteiger partial charge in [0.15, 0.2) is 11.5 Å². The van der Waals surface area contributed by atoms with Gasteiger partial charge in [-0.15, -0.1) is 0 Å². The number of alkyl halides is 3. The quantitative estimate of drug-likeness (QED) is 0.127. The minimum atomic E-state index is -4.44. The monoisotopic (exact) mass is 730 g/mol. The third-order valence-corrected chi connectivity index (χ3v) is 9.88. The molecule has 3 aromatic carbocycles. The normalized spacial score (nSPS) is 14.5. The van der Waals surface area contributed by atoms with Gasteiger partial charge in [-0.1, -0.05) is 30.3 Å². The van der Waals surface area contributed by atoms with Gasteiger partial charge in [-0.2, -0.15) is 13.2 Å². The number of piperidine rings is 1. The molecule has 1 atom stereocenters. The number of aromatic nitrogens is 3. The highest BCUT2D eigenvalue weighted by Crippen LogP contribution is 2.39. The Balaban J connectivity index is 1.13. The first-order valence-electron chi connectivity index (χ1n) is 17.6. The van der Waals surface area contributed by atoms with E-state index in [-0.39, 0.29) is 17.9 Å². The first-order chi connectivity index (χ1) is 25.6. The second-order valence-corrected chi connectivity index (χ2v) is 13.3. The molecule has 1 aliphatic heterocycles. The van der Waals surface area contributed by atoms with Crippen molar-refractivity contribution in [2.24, 2.45) is 0 Å². The summed E-state index contributed by atoms with van der Waals surface area (Å²) in [5.74, 6) is 1.41. The van der Waals surface area contributed by atoms with Crippen LogP contribution in [0.1, 0.15) is 52.4 Å². The fourth-order valence-electron chi connectivity index (χ4n) is 6.97. The Labute approximate surface area is 307 Å². The number of carbonyl (C=O) groups is 1. The number of imidazole rings is 1. The molecule has 1 amide bonds. The summed E-state index contributed by atoms with van der Waals surface area (Å²) in [6.07, 6.45) is -0.191. The van der Waals surface area contributed by atoms with Crippen LogP contribution in [0.25, 0.3) is 11.0 Å². The summed E-state index contributed by atoms with van der Waals surface area (Å²) < 4.78 is 58.8. The lowest BCUT2D eigenvalue weighted by atomic mass is 9.93. The van der Waals surface area contributed by atoms with Crippen molar-refractivity contribution >= 4 is 22.9 Å². The smallest absolute Gasteiger partial charge is 0.416 e. The number of likely N-dealkylation sites (N-methyl/N-ethyl adjacent to an activating group) is 1. The summed E-state index contributed by atoms with van der Waals surface area (Å²) in [6.45, 7) is 3.31. The van der Waals surface area contributed by atoms with E-state index in [2.05, 4.69) is 25.8 Å². The largest absolute Gasteiger partial charge is 0.493 e. The fourth-order valence-corrected chi connectivity index (χ4v) is 6.97. The molecule has 1 unspecified atom stereocenters. The van der Waals surface area contributed by atoms with Crippen LogP contribution in [-0.2, 0) is 12.7 Å². The van der Waals surface area contributed by atoms with Crippen molar-refractivity contribution in [2.75, 3.05) is 59.9 Å². The zero-order valence-electron chi connectivity index (χ0n) is 30.4. The summed E-state index contributed by atoms with van der Waals surface area (Å²) in [5, 5.41) is 3.70. The van der Waals surface area contributed by atoms with Gasteiger partial charge in [0.25, 0.3) is 5.91 Å². The molecule has 5 aromatic rings. The lowest BCUT2D eigenvalue weighted by Gasteiger charge is -2.34. The van der Waals surface area contributed by atoms with Crippen LogP contribution in [0.3, 0.4) is 0 Å². The lowest BCUT2D eigenvalue weighted by molar-refractivity contribution is -0.137. The van der Waals surface area contributed by atoms with E-state index in [1.54, 1.807) is 30.3 Å². The number of methoxy groups -OCH3 is 3. The maximum absolute atomic E-state index is 13.7. The van der Waals surface area contributed by atoms with E-state index in [1.807, 2.05) is 36.4 Å². The number of ether oxygens (including phenoxy) is 3. The predicted octanol–water partition coefficient (Wildman–Crippen LogP) is 7.35. The predicted molar refractivity (Wildman–Crippen MR) is 198 cm³/mol. The molecule has 1 aliphatic rings. The molecule has 1 saturated heterocycles. The summed E-state index contributed by atoms with van der Waals surface area (Å²) >= 11 is 0. The molecule has 0 spiro atoms. The van der Waals surface area contributed by atoms with E-state index < -0.39 is 11.7 Å². The highest BCUT2D eigenvalue weighted by atomic mass is 19.4. The number of amides is 1. The number of anilines is 1. The average Bonchev–Trinajstić information content (AvgIpc) is 3.52. The molecule has 0 aliphatic carbocycles. The lowest BCUT2D eigenvalue weighted by Crippen LogP contribution is -2.40. The highest BCUT2D eigenvalue weighted by molar-refractivity contribution is 5.95. The van der Waals surface area contributed by atoms with Crippen LogP contribution >= 0.6 is 0 Å². The van der Waals surface area contributed by atoms with Crippen LogP contribution in [0.15, 0.2) is 85.1 Å². The van der Waals surface area contributed by atoms with Crippen molar-refractivity contribution in [1.82, 2.24) is 24.3 Å². The van der Waals surface area contributed by atoms with E-state index in [9.17, 15) is 18.0 Å². The number of hydrogen-bond acceptors (Lipinski definition) is 8. The molecule has 10 nitrogen and oxygen atoms in total. The first kappa shape index (κ1) is 37.5. The second kappa shape index (κ2) is 16.6. The fraction of sp³-hybridized carbons (Fsp3) is 0.375. The maximum Gasteiger partial charge on any atom is 0.416 e. The van der Waals surface area contributed by atoms with E-state index in [0.717, 1.165) is 72.8 Å². The van der Waals surface area contributed by atoms with Crippen LogP contribution in [0.4, 0.5) is 19.1 Å². The van der Waals surface area contributed by atoms with Gasteiger partial charge in [0.1, 0.15) is 0 Å². The number of pyridine rings is 1. The first-order valence-corrected chi connectivity index (χ1v) is 17.6. The van der Waals surface area contributed by atoms with Crippen molar-refractivity contribution in [2.45, 2.75) is 43.9 Å². The Morgan fingerprint density at radius 3 is 2.25 bits per heavy atom. The average molecular weight is 731 g/mol. The van der Waals surface area contributed by atoms with Gasteiger partial charge in [0, 0.05) is 50.4 Å². The van der Waals surface area contributed by atoms with Gasteiger partial charge < -0.3 is 33.9 Å². The molecule has 0 saturated carbocycles. The standard InChI is InChI=1S/C40H45F3N6O4/c1-47(38(50)29-23-35(51-2)37(53-4)36(24-29)52-3)25-28(27-12-14-30(15-13-27)40(41,42)43)16-20-48-21-17-31(18-22-48)45-39-46-33-10-5-6-11-34(33)49(39)26-32-9-7-8-19-44-32/h5-15,19,23-24,28,31H,16-18,20-22,25-26H2,1-4H3,(H,45,46). The van der Waals surface area contributed by atoms with Crippen molar-refractivity contribution in [3.8, 4) is 17.2 Å². The van der Waals surface area contributed by atoms with Gasteiger partial charge in [0.05, 0.1) is 50.2 Å². The Kier molecular flexibility index (Phi) is 11.7. The zero-order valence-corrected chi connectivity index (χ0v) is 30.4. The van der Waals surface area contributed by atoms with Crippen molar-refractivity contribution in [1.29, 1.82) is 0 Å². The second-order valence-electron chi connectivity index (χ2n) is 13.3. The number of rotatable bonds is 14. The molecule has 2 aromatic heterocycles. The molecular formula is C40H45F3N6O4. The molecule has 0 radical (unpaired) electrons. The van der Waals surface area contributed by atoms with E-state index in [4.69, 9.17) is 19.2 Å². The number of hydrogen-bond donors (Lipinski definition) is 1. The Morgan fingerprint density at radius 2 is 1.62 bits per heavy atom. The van der Waals surface area contributed by atoms with Gasteiger partial charge in [-0.25, -0.2) is 4.98 Å².